The Kier molecular flexibility index (Phi) is 6.45. The molecule has 0 aromatic heterocycles. The van der Waals surface area contributed by atoms with Crippen LogP contribution in [-0.4, -0.2) is 17.8 Å². The molecule has 0 fully saturated rings. The van der Waals surface area contributed by atoms with Crippen molar-refractivity contribution in [1.29, 1.82) is 0 Å². The minimum Gasteiger partial charge on any atom is -0.481 e. The summed E-state index contributed by atoms with van der Waals surface area (Å²) in [5.41, 5.74) is 1.37. The molecule has 0 spiro atoms. The van der Waals surface area contributed by atoms with E-state index in [2.05, 4.69) is 5.32 Å². The van der Waals surface area contributed by atoms with Crippen LogP contribution < -0.4 is 10.1 Å². The number of ether oxygens (including phenoxy) is 1. The maximum absolute atomic E-state index is 12.3. The molecule has 0 bridgehead atoms. The van der Waals surface area contributed by atoms with E-state index in [9.17, 15) is 9.59 Å². The number of nitrogens with one attached hydrogen (secondary N) is 1. The Morgan fingerprint density at radius 3 is 2.24 bits per heavy atom. The minimum absolute atomic E-state index is 0.0222. The number of rotatable bonds is 6. The van der Waals surface area contributed by atoms with Gasteiger partial charge >= 0.3 is 0 Å². The molecule has 2 aromatic carbocycles. The normalized spacial score (nSPS) is 13.0. The third kappa shape index (κ3) is 5.21. The summed E-state index contributed by atoms with van der Waals surface area (Å²) in [6, 6.07) is 11.5. The summed E-state index contributed by atoms with van der Waals surface area (Å²) in [4.78, 5) is 23.6. The maximum atomic E-state index is 12.3. The number of amides is 1. The van der Waals surface area contributed by atoms with E-state index in [0.29, 0.717) is 21.4 Å². The van der Waals surface area contributed by atoms with E-state index in [4.69, 9.17) is 27.9 Å². The lowest BCUT2D eigenvalue weighted by atomic mass is 10.1. The van der Waals surface area contributed by atoms with Gasteiger partial charge in [0.05, 0.1) is 6.04 Å². The van der Waals surface area contributed by atoms with Crippen molar-refractivity contribution in [2.24, 2.45) is 0 Å². The molecule has 132 valence electrons. The highest BCUT2D eigenvalue weighted by atomic mass is 35.5. The first-order chi connectivity index (χ1) is 11.8. The van der Waals surface area contributed by atoms with Crippen molar-refractivity contribution in [3.63, 3.8) is 0 Å². The third-order valence-electron chi connectivity index (χ3n) is 3.73. The number of ketones is 1. The molecular formula is C19H19Cl2NO3. The molecule has 0 aliphatic carbocycles. The fourth-order valence-electron chi connectivity index (χ4n) is 2.29. The summed E-state index contributed by atoms with van der Waals surface area (Å²) in [6.45, 7) is 4.99. The van der Waals surface area contributed by atoms with E-state index >= 15 is 0 Å². The summed E-state index contributed by atoms with van der Waals surface area (Å²) in [7, 11) is 0. The average molecular weight is 380 g/mol. The molecule has 0 radical (unpaired) electrons. The van der Waals surface area contributed by atoms with Gasteiger partial charge in [-0.25, -0.2) is 0 Å². The smallest absolute Gasteiger partial charge is 0.261 e. The standard InChI is InChI=1S/C19H19Cl2NO3/c1-11(17-9-6-15(20)10-18(17)21)22-19(24)13(3)25-16-7-4-14(5-8-16)12(2)23/h4-11,13H,1-3H3,(H,22,24)/t11-,13+/m0/s1. The van der Waals surface area contributed by atoms with Crippen LogP contribution in [0.2, 0.25) is 10.0 Å². The van der Waals surface area contributed by atoms with Crippen LogP contribution >= 0.6 is 23.2 Å². The number of carbonyl (C=O) groups excluding carboxylic acids is 2. The lowest BCUT2D eigenvalue weighted by Gasteiger charge is -2.20. The third-order valence-corrected chi connectivity index (χ3v) is 4.29. The lowest BCUT2D eigenvalue weighted by molar-refractivity contribution is -0.127. The van der Waals surface area contributed by atoms with E-state index in [1.165, 1.54) is 6.92 Å². The topological polar surface area (TPSA) is 55.4 Å². The fourth-order valence-corrected chi connectivity index (χ4v) is 2.86. The highest BCUT2D eigenvalue weighted by Gasteiger charge is 2.19. The molecule has 2 rings (SSSR count). The number of hydrogen-bond acceptors (Lipinski definition) is 3. The SMILES string of the molecule is CC(=O)c1ccc(O[C@H](C)C(=O)N[C@@H](C)c2ccc(Cl)cc2Cl)cc1. The quantitative estimate of drug-likeness (QED) is 0.730. The average Bonchev–Trinajstić information content (AvgIpc) is 2.55. The van der Waals surface area contributed by atoms with E-state index in [1.807, 2.05) is 6.92 Å². The zero-order valence-electron chi connectivity index (χ0n) is 14.2. The van der Waals surface area contributed by atoms with Crippen LogP contribution in [0.5, 0.6) is 5.75 Å². The molecule has 25 heavy (non-hydrogen) atoms. The first-order valence-electron chi connectivity index (χ1n) is 7.81. The van der Waals surface area contributed by atoms with Gasteiger partial charge in [-0.05, 0) is 62.7 Å². The van der Waals surface area contributed by atoms with Crippen molar-refractivity contribution in [3.05, 3.63) is 63.6 Å². The van der Waals surface area contributed by atoms with Crippen LogP contribution in [0.4, 0.5) is 0 Å². The van der Waals surface area contributed by atoms with E-state index in [1.54, 1.807) is 49.4 Å². The number of hydrogen-bond donors (Lipinski definition) is 1. The lowest BCUT2D eigenvalue weighted by Crippen LogP contribution is -2.37. The number of carbonyl (C=O) groups is 2. The Bertz CT molecular complexity index is 775. The van der Waals surface area contributed by atoms with Gasteiger partial charge in [-0.3, -0.25) is 9.59 Å². The van der Waals surface area contributed by atoms with Gasteiger partial charge in [-0.15, -0.1) is 0 Å². The summed E-state index contributed by atoms with van der Waals surface area (Å²) in [6.07, 6.45) is -0.697. The Morgan fingerprint density at radius 1 is 1.04 bits per heavy atom. The van der Waals surface area contributed by atoms with Crippen LogP contribution in [0.3, 0.4) is 0 Å². The van der Waals surface area contributed by atoms with Gasteiger partial charge in [0, 0.05) is 15.6 Å². The van der Waals surface area contributed by atoms with E-state index < -0.39 is 6.10 Å². The molecule has 0 saturated carbocycles. The largest absolute Gasteiger partial charge is 0.481 e. The molecule has 0 saturated heterocycles. The molecule has 0 unspecified atom stereocenters. The second-order valence-electron chi connectivity index (χ2n) is 5.74. The Labute approximate surface area is 157 Å². The van der Waals surface area contributed by atoms with Gasteiger partial charge in [0.15, 0.2) is 11.9 Å². The Morgan fingerprint density at radius 2 is 1.68 bits per heavy atom. The van der Waals surface area contributed by atoms with E-state index in [0.717, 1.165) is 5.56 Å². The first kappa shape index (κ1) is 19.3. The van der Waals surface area contributed by atoms with Crippen molar-refractivity contribution in [2.45, 2.75) is 32.9 Å². The molecule has 2 atom stereocenters. The molecular weight excluding hydrogens is 361 g/mol. The molecule has 6 heteroatoms. The van der Waals surface area contributed by atoms with Crippen LogP contribution in [0.25, 0.3) is 0 Å². The monoisotopic (exact) mass is 379 g/mol. The maximum Gasteiger partial charge on any atom is 0.261 e. The van der Waals surface area contributed by atoms with Crippen LogP contribution in [-0.2, 0) is 4.79 Å². The number of halogens is 2. The first-order valence-corrected chi connectivity index (χ1v) is 8.56. The highest BCUT2D eigenvalue weighted by Crippen LogP contribution is 2.26. The molecule has 2 aromatic rings. The van der Waals surface area contributed by atoms with Crippen molar-refractivity contribution in [1.82, 2.24) is 5.32 Å². The Balaban J connectivity index is 1.98. The van der Waals surface area contributed by atoms with Crippen molar-refractivity contribution < 1.29 is 14.3 Å². The molecule has 1 N–H and O–H groups in total. The van der Waals surface area contributed by atoms with Gasteiger partial charge in [-0.1, -0.05) is 29.3 Å². The van der Waals surface area contributed by atoms with Gasteiger partial charge in [0.1, 0.15) is 5.75 Å². The second-order valence-corrected chi connectivity index (χ2v) is 6.58. The van der Waals surface area contributed by atoms with Crippen LogP contribution in [0.1, 0.15) is 42.7 Å². The second kappa shape index (κ2) is 8.37. The molecule has 1 amide bonds. The van der Waals surface area contributed by atoms with Crippen LogP contribution in [0.15, 0.2) is 42.5 Å². The summed E-state index contributed by atoms with van der Waals surface area (Å²) >= 11 is 12.0. The van der Waals surface area contributed by atoms with Crippen LogP contribution in [0, 0.1) is 0 Å². The van der Waals surface area contributed by atoms with Crippen molar-refractivity contribution >= 4 is 34.9 Å². The zero-order chi connectivity index (χ0) is 18.6. The Hall–Kier alpha value is -2.04. The molecule has 0 heterocycles. The van der Waals surface area contributed by atoms with Gasteiger partial charge in [0.25, 0.3) is 5.91 Å². The summed E-state index contributed by atoms with van der Waals surface area (Å²) in [5, 5.41) is 3.89. The molecule has 4 nitrogen and oxygen atoms in total. The minimum atomic E-state index is -0.697. The van der Waals surface area contributed by atoms with Gasteiger partial charge < -0.3 is 10.1 Å². The van der Waals surface area contributed by atoms with Gasteiger partial charge in [0.2, 0.25) is 0 Å². The zero-order valence-corrected chi connectivity index (χ0v) is 15.7. The van der Waals surface area contributed by atoms with Crippen molar-refractivity contribution in [3.8, 4) is 5.75 Å². The van der Waals surface area contributed by atoms with E-state index in [-0.39, 0.29) is 17.7 Å². The predicted octanol–water partition coefficient (Wildman–Crippen LogP) is 4.84. The predicted molar refractivity (Wildman–Crippen MR) is 99.6 cm³/mol. The number of Topliss-reactive ketones (excluding diaryl/α,β-unsaturated/α-hetero) is 1. The van der Waals surface area contributed by atoms with Gasteiger partial charge in [-0.2, -0.15) is 0 Å². The summed E-state index contributed by atoms with van der Waals surface area (Å²) < 4.78 is 5.62. The summed E-state index contributed by atoms with van der Waals surface area (Å²) in [5.74, 6) is 0.227. The molecule has 0 aliphatic heterocycles. The van der Waals surface area contributed by atoms with Crippen molar-refractivity contribution in [2.75, 3.05) is 0 Å². The molecule has 0 aliphatic rings. The fraction of sp³-hybridized carbons (Fsp3) is 0.263. The number of benzene rings is 2. The highest BCUT2D eigenvalue weighted by molar-refractivity contribution is 6.35.